The standard InChI is InChI=1S/C13H27N3O/c1-3-11-7-5-4-6-8-16(11)12(10-14)9-13(17)15-2/h11-12H,3-10,14H2,1-2H3,(H,15,17). The Hall–Kier alpha value is -0.610. The molecule has 1 rings (SSSR count). The first-order valence-corrected chi connectivity index (χ1v) is 6.89. The van der Waals surface area contributed by atoms with Crippen molar-refractivity contribution in [2.24, 2.45) is 5.73 Å². The van der Waals surface area contributed by atoms with Crippen LogP contribution in [0.15, 0.2) is 0 Å². The molecule has 2 unspecified atom stereocenters. The number of carbonyl (C=O) groups is 1. The minimum atomic E-state index is 0.0968. The van der Waals surface area contributed by atoms with Crippen LogP contribution in [0, 0.1) is 0 Å². The van der Waals surface area contributed by atoms with Crippen LogP contribution in [0.25, 0.3) is 0 Å². The molecule has 0 radical (unpaired) electrons. The zero-order chi connectivity index (χ0) is 12.7. The Morgan fingerprint density at radius 3 is 2.82 bits per heavy atom. The molecule has 1 amide bonds. The van der Waals surface area contributed by atoms with E-state index in [0.717, 1.165) is 13.0 Å². The fraction of sp³-hybridized carbons (Fsp3) is 0.923. The average Bonchev–Trinajstić information content (AvgIpc) is 2.60. The van der Waals surface area contributed by atoms with Crippen LogP contribution in [0.2, 0.25) is 0 Å². The van der Waals surface area contributed by atoms with E-state index in [-0.39, 0.29) is 11.9 Å². The van der Waals surface area contributed by atoms with Gasteiger partial charge in [0.15, 0.2) is 0 Å². The quantitative estimate of drug-likeness (QED) is 0.758. The number of amides is 1. The van der Waals surface area contributed by atoms with E-state index in [1.807, 2.05) is 0 Å². The molecule has 1 saturated heterocycles. The maximum atomic E-state index is 11.5. The van der Waals surface area contributed by atoms with E-state index in [4.69, 9.17) is 5.73 Å². The molecule has 4 heteroatoms. The number of nitrogens with two attached hydrogens (primary N) is 1. The van der Waals surface area contributed by atoms with Crippen LogP contribution < -0.4 is 11.1 Å². The molecule has 2 atom stereocenters. The molecule has 1 fully saturated rings. The Kier molecular flexibility index (Phi) is 6.52. The summed E-state index contributed by atoms with van der Waals surface area (Å²) in [5, 5.41) is 2.70. The highest BCUT2D eigenvalue weighted by atomic mass is 16.1. The molecular formula is C13H27N3O. The normalized spacial score (nSPS) is 24.1. The number of rotatable bonds is 5. The van der Waals surface area contributed by atoms with Crippen LogP contribution in [-0.4, -0.2) is 43.0 Å². The summed E-state index contributed by atoms with van der Waals surface area (Å²) in [6, 6.07) is 0.814. The Labute approximate surface area is 105 Å². The summed E-state index contributed by atoms with van der Waals surface area (Å²) in [6.07, 6.45) is 6.80. The minimum Gasteiger partial charge on any atom is -0.359 e. The summed E-state index contributed by atoms with van der Waals surface area (Å²) in [5.41, 5.74) is 5.85. The van der Waals surface area contributed by atoms with Gasteiger partial charge in [0.25, 0.3) is 0 Å². The third-order valence-electron chi connectivity index (χ3n) is 3.83. The first-order valence-electron chi connectivity index (χ1n) is 6.89. The van der Waals surface area contributed by atoms with Gasteiger partial charge in [-0.05, 0) is 25.8 Å². The van der Waals surface area contributed by atoms with Gasteiger partial charge in [0.2, 0.25) is 5.91 Å². The predicted molar refractivity (Wildman–Crippen MR) is 70.8 cm³/mol. The molecule has 4 nitrogen and oxygen atoms in total. The zero-order valence-corrected chi connectivity index (χ0v) is 11.2. The molecule has 1 heterocycles. The molecule has 0 spiro atoms. The van der Waals surface area contributed by atoms with Crippen LogP contribution in [0.1, 0.15) is 45.4 Å². The van der Waals surface area contributed by atoms with Crippen LogP contribution in [0.5, 0.6) is 0 Å². The third kappa shape index (κ3) is 4.28. The number of hydrogen-bond donors (Lipinski definition) is 2. The van der Waals surface area contributed by atoms with E-state index in [1.165, 1.54) is 25.7 Å². The molecule has 0 aromatic heterocycles. The largest absolute Gasteiger partial charge is 0.359 e. The average molecular weight is 241 g/mol. The maximum absolute atomic E-state index is 11.5. The summed E-state index contributed by atoms with van der Waals surface area (Å²) in [5.74, 6) is 0.0968. The Morgan fingerprint density at radius 2 is 2.24 bits per heavy atom. The number of hydrogen-bond acceptors (Lipinski definition) is 3. The van der Waals surface area contributed by atoms with Gasteiger partial charge in [-0.15, -0.1) is 0 Å². The maximum Gasteiger partial charge on any atom is 0.221 e. The molecule has 0 aliphatic carbocycles. The van der Waals surface area contributed by atoms with Crippen molar-refractivity contribution in [3.63, 3.8) is 0 Å². The SMILES string of the molecule is CCC1CCCCCN1C(CN)CC(=O)NC. The van der Waals surface area contributed by atoms with Crippen molar-refractivity contribution in [3.05, 3.63) is 0 Å². The van der Waals surface area contributed by atoms with E-state index in [0.29, 0.717) is 19.0 Å². The molecular weight excluding hydrogens is 214 g/mol. The van der Waals surface area contributed by atoms with Gasteiger partial charge in [-0.25, -0.2) is 0 Å². The van der Waals surface area contributed by atoms with Gasteiger partial charge < -0.3 is 11.1 Å². The van der Waals surface area contributed by atoms with Gasteiger partial charge in [0.1, 0.15) is 0 Å². The first kappa shape index (κ1) is 14.5. The second-order valence-corrected chi connectivity index (χ2v) is 4.92. The lowest BCUT2D eigenvalue weighted by Gasteiger charge is -2.35. The van der Waals surface area contributed by atoms with Crippen molar-refractivity contribution in [1.29, 1.82) is 0 Å². The summed E-state index contributed by atoms with van der Waals surface area (Å²) in [6.45, 7) is 3.90. The van der Waals surface area contributed by atoms with Gasteiger partial charge in [0.05, 0.1) is 0 Å². The highest BCUT2D eigenvalue weighted by molar-refractivity contribution is 5.76. The summed E-state index contributed by atoms with van der Waals surface area (Å²) in [7, 11) is 1.69. The fourth-order valence-electron chi connectivity index (χ4n) is 2.77. The lowest BCUT2D eigenvalue weighted by atomic mass is 10.0. The van der Waals surface area contributed by atoms with Crippen molar-refractivity contribution in [2.45, 2.75) is 57.5 Å². The highest BCUT2D eigenvalue weighted by Gasteiger charge is 2.27. The van der Waals surface area contributed by atoms with Crippen LogP contribution in [0.4, 0.5) is 0 Å². The van der Waals surface area contributed by atoms with E-state index >= 15 is 0 Å². The summed E-state index contributed by atoms with van der Waals surface area (Å²) < 4.78 is 0. The van der Waals surface area contributed by atoms with Crippen molar-refractivity contribution in [2.75, 3.05) is 20.1 Å². The van der Waals surface area contributed by atoms with Gasteiger partial charge in [-0.1, -0.05) is 19.8 Å². The topological polar surface area (TPSA) is 58.4 Å². The van der Waals surface area contributed by atoms with Crippen LogP contribution in [0.3, 0.4) is 0 Å². The molecule has 1 aliphatic heterocycles. The van der Waals surface area contributed by atoms with Crippen LogP contribution >= 0.6 is 0 Å². The van der Waals surface area contributed by atoms with E-state index in [2.05, 4.69) is 17.1 Å². The number of nitrogens with zero attached hydrogens (tertiary/aromatic N) is 1. The van der Waals surface area contributed by atoms with E-state index in [1.54, 1.807) is 7.05 Å². The lowest BCUT2D eigenvalue weighted by molar-refractivity contribution is -0.122. The van der Waals surface area contributed by atoms with Gasteiger partial charge in [-0.3, -0.25) is 9.69 Å². The smallest absolute Gasteiger partial charge is 0.221 e. The molecule has 1 aliphatic rings. The monoisotopic (exact) mass is 241 g/mol. The second-order valence-electron chi connectivity index (χ2n) is 4.92. The Bertz CT molecular complexity index is 233. The summed E-state index contributed by atoms with van der Waals surface area (Å²) in [4.78, 5) is 14.0. The number of carbonyl (C=O) groups excluding carboxylic acids is 1. The molecule has 3 N–H and O–H groups in total. The van der Waals surface area contributed by atoms with Crippen molar-refractivity contribution in [3.8, 4) is 0 Å². The van der Waals surface area contributed by atoms with E-state index < -0.39 is 0 Å². The highest BCUT2D eigenvalue weighted by Crippen LogP contribution is 2.22. The Balaban J connectivity index is 2.65. The van der Waals surface area contributed by atoms with Crippen molar-refractivity contribution >= 4 is 5.91 Å². The second kappa shape index (κ2) is 7.67. The molecule has 0 aromatic carbocycles. The first-order chi connectivity index (χ1) is 8.22. The number of likely N-dealkylation sites (tertiary alicyclic amines) is 1. The molecule has 100 valence electrons. The molecule has 0 saturated carbocycles. The van der Waals surface area contributed by atoms with Crippen molar-refractivity contribution < 1.29 is 4.79 Å². The van der Waals surface area contributed by atoms with Crippen LogP contribution in [-0.2, 0) is 4.79 Å². The van der Waals surface area contributed by atoms with Gasteiger partial charge >= 0.3 is 0 Å². The zero-order valence-electron chi connectivity index (χ0n) is 11.2. The minimum absolute atomic E-state index is 0.0968. The van der Waals surface area contributed by atoms with Crippen molar-refractivity contribution in [1.82, 2.24) is 10.2 Å². The predicted octanol–water partition coefficient (Wildman–Crippen LogP) is 1.10. The molecule has 17 heavy (non-hydrogen) atoms. The molecule has 0 bridgehead atoms. The van der Waals surface area contributed by atoms with Gasteiger partial charge in [-0.2, -0.15) is 0 Å². The number of nitrogens with one attached hydrogen (secondary N) is 1. The lowest BCUT2D eigenvalue weighted by Crippen LogP contribution is -2.48. The summed E-state index contributed by atoms with van der Waals surface area (Å²) >= 11 is 0. The molecule has 0 aromatic rings. The third-order valence-corrected chi connectivity index (χ3v) is 3.83. The van der Waals surface area contributed by atoms with Gasteiger partial charge in [0, 0.05) is 32.1 Å². The fourth-order valence-corrected chi connectivity index (χ4v) is 2.77. The Morgan fingerprint density at radius 1 is 1.47 bits per heavy atom. The van der Waals surface area contributed by atoms with E-state index in [9.17, 15) is 4.79 Å².